The number of aliphatic hydroxyl groups is 1. The summed E-state index contributed by atoms with van der Waals surface area (Å²) in [4.78, 5) is 0.941. The Hall–Kier alpha value is -0.680. The first-order valence-corrected chi connectivity index (χ1v) is 8.22. The highest BCUT2D eigenvalue weighted by Crippen LogP contribution is 2.34. The molecule has 1 aromatic heterocycles. The highest BCUT2D eigenvalue weighted by atomic mass is 79.9. The molecular formula is C15H10Br2OS. The number of hydrogen-bond acceptors (Lipinski definition) is 2. The van der Waals surface area contributed by atoms with E-state index >= 15 is 0 Å². The monoisotopic (exact) mass is 396 g/mol. The van der Waals surface area contributed by atoms with Crippen molar-refractivity contribution in [3.05, 3.63) is 67.2 Å². The van der Waals surface area contributed by atoms with Gasteiger partial charge in [-0.25, -0.2) is 0 Å². The molecule has 0 saturated carbocycles. The maximum Gasteiger partial charge on any atom is 0.114 e. The molecule has 1 nitrogen and oxygen atoms in total. The number of benzene rings is 2. The van der Waals surface area contributed by atoms with Gasteiger partial charge in [0.15, 0.2) is 0 Å². The van der Waals surface area contributed by atoms with Gasteiger partial charge in [0.25, 0.3) is 0 Å². The summed E-state index contributed by atoms with van der Waals surface area (Å²) in [6.07, 6.45) is -0.581. The van der Waals surface area contributed by atoms with Gasteiger partial charge in [-0.15, -0.1) is 11.3 Å². The van der Waals surface area contributed by atoms with Gasteiger partial charge in [0.05, 0.1) is 4.88 Å². The van der Waals surface area contributed by atoms with Gasteiger partial charge in [-0.3, -0.25) is 0 Å². The molecule has 19 heavy (non-hydrogen) atoms. The molecule has 0 fully saturated rings. The smallest absolute Gasteiger partial charge is 0.114 e. The topological polar surface area (TPSA) is 20.2 Å². The average molecular weight is 398 g/mol. The van der Waals surface area contributed by atoms with E-state index in [1.54, 1.807) is 11.3 Å². The number of halogens is 2. The molecule has 0 spiro atoms. The van der Waals surface area contributed by atoms with E-state index in [1.807, 2.05) is 35.7 Å². The second-order valence-corrected chi connectivity index (χ2v) is 7.00. The fraction of sp³-hybridized carbons (Fsp3) is 0.0667. The van der Waals surface area contributed by atoms with Gasteiger partial charge in [-0.1, -0.05) is 34.1 Å². The van der Waals surface area contributed by atoms with E-state index in [9.17, 15) is 5.11 Å². The fourth-order valence-electron chi connectivity index (χ4n) is 2.06. The molecule has 1 heterocycles. The number of hydrogen-bond donors (Lipinski definition) is 1. The first-order chi connectivity index (χ1) is 9.15. The van der Waals surface area contributed by atoms with Crippen LogP contribution in [0.1, 0.15) is 16.5 Å². The van der Waals surface area contributed by atoms with E-state index in [2.05, 4.69) is 44.0 Å². The number of aliphatic hydroxyl groups excluding tert-OH is 1. The van der Waals surface area contributed by atoms with Crippen LogP contribution < -0.4 is 0 Å². The molecule has 0 aliphatic carbocycles. The van der Waals surface area contributed by atoms with Gasteiger partial charge in [0.2, 0.25) is 0 Å². The molecule has 1 unspecified atom stereocenters. The molecule has 1 N–H and O–H groups in total. The lowest BCUT2D eigenvalue weighted by atomic mass is 10.0. The standard InChI is InChI=1S/C15H10Br2OS/c16-12-4-3-9-7-11(2-1-10(9)8-12)14(18)15-13(17)5-6-19-15/h1-8,14,18H. The van der Waals surface area contributed by atoms with E-state index in [0.717, 1.165) is 30.2 Å². The Bertz CT molecular complexity index is 736. The zero-order chi connectivity index (χ0) is 13.4. The molecule has 0 aliphatic heterocycles. The summed E-state index contributed by atoms with van der Waals surface area (Å²) in [5, 5.41) is 14.7. The Labute approximate surface area is 132 Å². The van der Waals surface area contributed by atoms with Crippen molar-refractivity contribution in [1.82, 2.24) is 0 Å². The molecule has 1 atom stereocenters. The second-order valence-electron chi connectivity index (χ2n) is 4.29. The fourth-order valence-corrected chi connectivity index (χ4v) is 4.04. The lowest BCUT2D eigenvalue weighted by molar-refractivity contribution is 0.223. The highest BCUT2D eigenvalue weighted by Gasteiger charge is 2.15. The Morgan fingerprint density at radius 2 is 1.68 bits per heavy atom. The molecule has 3 rings (SSSR count). The van der Waals surface area contributed by atoms with Gasteiger partial charge in [0.1, 0.15) is 6.10 Å². The summed E-state index contributed by atoms with van der Waals surface area (Å²) in [5.74, 6) is 0. The van der Waals surface area contributed by atoms with Gasteiger partial charge in [-0.05, 0) is 61.9 Å². The molecule has 0 aliphatic rings. The maximum absolute atomic E-state index is 10.4. The Morgan fingerprint density at radius 3 is 2.42 bits per heavy atom. The first kappa shape index (κ1) is 13.3. The van der Waals surface area contributed by atoms with Crippen LogP contribution in [0.2, 0.25) is 0 Å². The zero-order valence-electron chi connectivity index (χ0n) is 9.81. The lowest BCUT2D eigenvalue weighted by Gasteiger charge is -2.11. The van der Waals surface area contributed by atoms with Crippen molar-refractivity contribution in [1.29, 1.82) is 0 Å². The summed E-state index contributed by atoms with van der Waals surface area (Å²) < 4.78 is 2.02. The van der Waals surface area contributed by atoms with Crippen LogP contribution >= 0.6 is 43.2 Å². The molecule has 0 bridgehead atoms. The van der Waals surface area contributed by atoms with Crippen molar-refractivity contribution in [3.63, 3.8) is 0 Å². The summed E-state index contributed by atoms with van der Waals surface area (Å²) in [5.41, 5.74) is 0.915. The van der Waals surface area contributed by atoms with Gasteiger partial charge >= 0.3 is 0 Å². The molecule has 0 radical (unpaired) electrons. The largest absolute Gasteiger partial charge is 0.383 e. The number of fused-ring (bicyclic) bond motifs is 1. The minimum Gasteiger partial charge on any atom is -0.383 e. The third-order valence-electron chi connectivity index (χ3n) is 3.04. The Balaban J connectivity index is 2.06. The molecule has 2 aromatic carbocycles. The summed E-state index contributed by atoms with van der Waals surface area (Å²) in [6, 6.07) is 14.2. The average Bonchev–Trinajstić information content (AvgIpc) is 2.83. The molecular weight excluding hydrogens is 388 g/mol. The van der Waals surface area contributed by atoms with Gasteiger partial charge in [0, 0.05) is 8.95 Å². The maximum atomic E-state index is 10.4. The van der Waals surface area contributed by atoms with Crippen LogP contribution in [0, 0.1) is 0 Å². The van der Waals surface area contributed by atoms with Crippen molar-refractivity contribution < 1.29 is 5.11 Å². The van der Waals surface area contributed by atoms with Gasteiger partial charge < -0.3 is 5.11 Å². The van der Waals surface area contributed by atoms with Crippen LogP contribution in [0.15, 0.2) is 56.8 Å². The van der Waals surface area contributed by atoms with E-state index in [0.29, 0.717) is 0 Å². The van der Waals surface area contributed by atoms with Crippen LogP contribution in [0.25, 0.3) is 10.8 Å². The predicted molar refractivity (Wildman–Crippen MR) is 87.7 cm³/mol. The summed E-state index contributed by atoms with van der Waals surface area (Å²) >= 11 is 8.49. The molecule has 3 aromatic rings. The van der Waals surface area contributed by atoms with Crippen LogP contribution in [0.3, 0.4) is 0 Å². The van der Waals surface area contributed by atoms with E-state index in [4.69, 9.17) is 0 Å². The van der Waals surface area contributed by atoms with E-state index < -0.39 is 6.10 Å². The third kappa shape index (κ3) is 2.63. The quantitative estimate of drug-likeness (QED) is 0.604. The van der Waals surface area contributed by atoms with Crippen molar-refractivity contribution in [3.8, 4) is 0 Å². The molecule has 0 amide bonds. The normalized spacial score (nSPS) is 12.8. The minimum atomic E-state index is -0.581. The van der Waals surface area contributed by atoms with Crippen LogP contribution in [-0.4, -0.2) is 5.11 Å². The van der Waals surface area contributed by atoms with E-state index in [1.165, 1.54) is 0 Å². The van der Waals surface area contributed by atoms with Gasteiger partial charge in [-0.2, -0.15) is 0 Å². The van der Waals surface area contributed by atoms with Crippen molar-refractivity contribution in [2.75, 3.05) is 0 Å². The number of thiophene rings is 1. The predicted octanol–water partition coefficient (Wildman–Crippen LogP) is 5.51. The van der Waals surface area contributed by atoms with Crippen molar-refractivity contribution in [2.45, 2.75) is 6.10 Å². The van der Waals surface area contributed by atoms with Crippen LogP contribution in [0.5, 0.6) is 0 Å². The lowest BCUT2D eigenvalue weighted by Crippen LogP contribution is -1.97. The summed E-state index contributed by atoms with van der Waals surface area (Å²) in [6.45, 7) is 0. The van der Waals surface area contributed by atoms with Crippen molar-refractivity contribution >= 4 is 54.0 Å². The molecule has 96 valence electrons. The Morgan fingerprint density at radius 1 is 0.947 bits per heavy atom. The van der Waals surface area contributed by atoms with Crippen LogP contribution in [-0.2, 0) is 0 Å². The third-order valence-corrected chi connectivity index (χ3v) is 5.45. The molecule has 0 saturated heterocycles. The van der Waals surface area contributed by atoms with E-state index in [-0.39, 0.29) is 0 Å². The van der Waals surface area contributed by atoms with Crippen LogP contribution in [0.4, 0.5) is 0 Å². The Kier molecular flexibility index (Phi) is 3.76. The zero-order valence-corrected chi connectivity index (χ0v) is 13.8. The number of rotatable bonds is 2. The SMILES string of the molecule is OC(c1ccc2cc(Br)ccc2c1)c1sccc1Br. The molecule has 4 heteroatoms. The minimum absolute atomic E-state index is 0.581. The first-order valence-electron chi connectivity index (χ1n) is 5.75. The van der Waals surface area contributed by atoms with Crippen molar-refractivity contribution in [2.24, 2.45) is 0 Å². The highest BCUT2D eigenvalue weighted by molar-refractivity contribution is 9.10. The summed E-state index contributed by atoms with van der Waals surface area (Å²) in [7, 11) is 0. The second kappa shape index (κ2) is 5.37.